The van der Waals surface area contributed by atoms with Crippen molar-refractivity contribution >= 4 is 11.9 Å². The summed E-state index contributed by atoms with van der Waals surface area (Å²) in [6.07, 6.45) is 8.82. The molecule has 1 aliphatic rings. The van der Waals surface area contributed by atoms with E-state index >= 15 is 0 Å². The number of carboxylic acids is 1. The van der Waals surface area contributed by atoms with E-state index in [1.165, 1.54) is 6.20 Å². The highest BCUT2D eigenvalue weighted by Crippen LogP contribution is 2.33. The monoisotopic (exact) mass is 275 g/mol. The number of aromatic nitrogens is 2. The minimum Gasteiger partial charge on any atom is -0.476 e. The normalized spacial score (nSPS) is 16.6. The lowest BCUT2D eigenvalue weighted by molar-refractivity contribution is 0.0688. The molecule has 1 aromatic heterocycles. The highest BCUT2D eigenvalue weighted by Gasteiger charge is 2.34. The molecule has 0 spiro atoms. The zero-order valence-corrected chi connectivity index (χ0v) is 11.1. The van der Waals surface area contributed by atoms with Gasteiger partial charge < -0.3 is 10.4 Å². The van der Waals surface area contributed by atoms with Crippen LogP contribution in [-0.2, 0) is 0 Å². The minimum atomic E-state index is -1.16. The summed E-state index contributed by atoms with van der Waals surface area (Å²) in [7, 11) is 0. The SMILES string of the molecule is C=CCC1(NC(=O)c2cnc(C(=O)O)cn2)CCCC1. The van der Waals surface area contributed by atoms with Crippen molar-refractivity contribution in [2.24, 2.45) is 0 Å². The van der Waals surface area contributed by atoms with Gasteiger partial charge in [-0.2, -0.15) is 0 Å². The van der Waals surface area contributed by atoms with Crippen LogP contribution in [0.1, 0.15) is 53.1 Å². The summed E-state index contributed by atoms with van der Waals surface area (Å²) in [5.74, 6) is -1.48. The van der Waals surface area contributed by atoms with Gasteiger partial charge in [0.05, 0.1) is 12.4 Å². The quantitative estimate of drug-likeness (QED) is 0.799. The Hall–Kier alpha value is -2.24. The fourth-order valence-electron chi connectivity index (χ4n) is 2.57. The summed E-state index contributed by atoms with van der Waals surface area (Å²) in [6.45, 7) is 3.74. The molecule has 0 bridgehead atoms. The van der Waals surface area contributed by atoms with Gasteiger partial charge in [-0.15, -0.1) is 6.58 Å². The van der Waals surface area contributed by atoms with E-state index in [9.17, 15) is 9.59 Å². The minimum absolute atomic E-state index is 0.130. The Morgan fingerprint density at radius 3 is 2.40 bits per heavy atom. The molecule has 1 saturated carbocycles. The molecule has 106 valence electrons. The van der Waals surface area contributed by atoms with Crippen molar-refractivity contribution in [1.82, 2.24) is 15.3 Å². The van der Waals surface area contributed by atoms with Crippen LogP contribution in [0.2, 0.25) is 0 Å². The fraction of sp³-hybridized carbons (Fsp3) is 0.429. The van der Waals surface area contributed by atoms with Gasteiger partial charge in [-0.3, -0.25) is 4.79 Å². The third kappa shape index (κ3) is 3.01. The van der Waals surface area contributed by atoms with Crippen LogP contribution in [0.25, 0.3) is 0 Å². The summed E-state index contributed by atoms with van der Waals surface area (Å²) in [4.78, 5) is 30.4. The molecule has 2 N–H and O–H groups in total. The van der Waals surface area contributed by atoms with Crippen LogP contribution >= 0.6 is 0 Å². The Balaban J connectivity index is 2.10. The van der Waals surface area contributed by atoms with Gasteiger partial charge in [0.2, 0.25) is 0 Å². The van der Waals surface area contributed by atoms with Crippen LogP contribution in [0.4, 0.5) is 0 Å². The predicted molar refractivity (Wildman–Crippen MR) is 72.5 cm³/mol. The molecule has 1 aliphatic carbocycles. The smallest absolute Gasteiger partial charge is 0.356 e. The first kappa shape index (κ1) is 14.2. The van der Waals surface area contributed by atoms with Gasteiger partial charge >= 0.3 is 5.97 Å². The Labute approximate surface area is 116 Å². The molecule has 6 heteroatoms. The Bertz CT molecular complexity index is 519. The lowest BCUT2D eigenvalue weighted by atomic mass is 9.93. The van der Waals surface area contributed by atoms with Gasteiger partial charge in [-0.1, -0.05) is 18.9 Å². The Morgan fingerprint density at radius 2 is 1.90 bits per heavy atom. The number of carbonyl (C=O) groups is 2. The summed E-state index contributed by atoms with van der Waals surface area (Å²) in [6, 6.07) is 0. The topological polar surface area (TPSA) is 92.2 Å². The molecule has 0 saturated heterocycles. The van der Waals surface area contributed by atoms with Gasteiger partial charge in [0.1, 0.15) is 5.69 Å². The van der Waals surface area contributed by atoms with Gasteiger partial charge in [-0.05, 0) is 19.3 Å². The lowest BCUT2D eigenvalue weighted by Gasteiger charge is -2.28. The van der Waals surface area contributed by atoms with Crippen LogP contribution < -0.4 is 5.32 Å². The first-order valence-corrected chi connectivity index (χ1v) is 6.55. The van der Waals surface area contributed by atoms with E-state index in [0.717, 1.165) is 38.3 Å². The van der Waals surface area contributed by atoms with E-state index < -0.39 is 5.97 Å². The van der Waals surface area contributed by atoms with Gasteiger partial charge in [0.15, 0.2) is 5.69 Å². The summed E-state index contributed by atoms with van der Waals surface area (Å²) in [5, 5.41) is 11.7. The van der Waals surface area contributed by atoms with E-state index in [1.54, 1.807) is 0 Å². The third-order valence-electron chi connectivity index (χ3n) is 3.58. The molecule has 0 aliphatic heterocycles. The number of rotatable bonds is 5. The third-order valence-corrected chi connectivity index (χ3v) is 3.58. The van der Waals surface area contributed by atoms with E-state index in [2.05, 4.69) is 21.9 Å². The fourth-order valence-corrected chi connectivity index (χ4v) is 2.57. The number of hydrogen-bond donors (Lipinski definition) is 2. The molecule has 0 aromatic carbocycles. The highest BCUT2D eigenvalue weighted by atomic mass is 16.4. The molecule has 2 rings (SSSR count). The maximum absolute atomic E-state index is 12.2. The van der Waals surface area contributed by atoms with E-state index in [-0.39, 0.29) is 22.8 Å². The molecule has 0 radical (unpaired) electrons. The van der Waals surface area contributed by atoms with Crippen LogP contribution in [0, 0.1) is 0 Å². The summed E-state index contributed by atoms with van der Waals surface area (Å²) in [5.41, 5.74) is -0.292. The molecule has 1 heterocycles. The summed E-state index contributed by atoms with van der Waals surface area (Å²) < 4.78 is 0. The Morgan fingerprint density at radius 1 is 1.30 bits per heavy atom. The zero-order valence-electron chi connectivity index (χ0n) is 11.1. The highest BCUT2D eigenvalue weighted by molar-refractivity contribution is 5.93. The molecule has 0 unspecified atom stereocenters. The second kappa shape index (κ2) is 5.81. The number of nitrogens with zero attached hydrogens (tertiary/aromatic N) is 2. The van der Waals surface area contributed by atoms with Crippen molar-refractivity contribution in [3.63, 3.8) is 0 Å². The summed E-state index contributed by atoms with van der Waals surface area (Å²) >= 11 is 0. The maximum atomic E-state index is 12.2. The van der Waals surface area contributed by atoms with Gasteiger partial charge in [-0.25, -0.2) is 14.8 Å². The maximum Gasteiger partial charge on any atom is 0.356 e. The van der Waals surface area contributed by atoms with Crippen molar-refractivity contribution in [3.05, 3.63) is 36.4 Å². The first-order valence-electron chi connectivity index (χ1n) is 6.55. The van der Waals surface area contributed by atoms with E-state index in [0.29, 0.717) is 0 Å². The van der Waals surface area contributed by atoms with Crippen molar-refractivity contribution in [1.29, 1.82) is 0 Å². The van der Waals surface area contributed by atoms with Crippen LogP contribution in [-0.4, -0.2) is 32.5 Å². The second-order valence-corrected chi connectivity index (χ2v) is 5.03. The van der Waals surface area contributed by atoms with Crippen molar-refractivity contribution in [2.75, 3.05) is 0 Å². The number of aromatic carboxylic acids is 1. The second-order valence-electron chi connectivity index (χ2n) is 5.03. The molecular weight excluding hydrogens is 258 g/mol. The van der Waals surface area contributed by atoms with E-state index in [1.807, 2.05) is 6.08 Å². The molecule has 1 amide bonds. The number of hydrogen-bond acceptors (Lipinski definition) is 4. The molecule has 0 atom stereocenters. The standard InChI is InChI=1S/C14H17N3O3/c1-2-5-14(6-3-4-7-14)17-12(18)10-8-16-11(9-15-10)13(19)20/h2,8-9H,1,3-7H2,(H,17,18)(H,19,20). The predicted octanol–water partition coefficient (Wildman–Crippen LogP) is 1.79. The van der Waals surface area contributed by atoms with Gasteiger partial charge in [0.25, 0.3) is 5.91 Å². The molecule has 20 heavy (non-hydrogen) atoms. The average molecular weight is 275 g/mol. The molecule has 1 fully saturated rings. The largest absolute Gasteiger partial charge is 0.476 e. The zero-order chi connectivity index (χ0) is 14.6. The van der Waals surface area contributed by atoms with Crippen molar-refractivity contribution in [3.8, 4) is 0 Å². The van der Waals surface area contributed by atoms with Crippen LogP contribution in [0.3, 0.4) is 0 Å². The van der Waals surface area contributed by atoms with E-state index in [4.69, 9.17) is 5.11 Å². The molecular formula is C14H17N3O3. The number of nitrogens with one attached hydrogen (secondary N) is 1. The number of carbonyl (C=O) groups excluding carboxylic acids is 1. The first-order chi connectivity index (χ1) is 9.56. The number of amides is 1. The average Bonchev–Trinajstić information content (AvgIpc) is 2.87. The van der Waals surface area contributed by atoms with Crippen LogP contribution in [0.15, 0.2) is 25.0 Å². The Kier molecular flexibility index (Phi) is 4.12. The molecule has 6 nitrogen and oxygen atoms in total. The van der Waals surface area contributed by atoms with Crippen molar-refractivity contribution < 1.29 is 14.7 Å². The molecule has 1 aromatic rings. The van der Waals surface area contributed by atoms with Crippen molar-refractivity contribution in [2.45, 2.75) is 37.6 Å². The lowest BCUT2D eigenvalue weighted by Crippen LogP contribution is -2.46. The van der Waals surface area contributed by atoms with Gasteiger partial charge in [0, 0.05) is 5.54 Å². The number of carboxylic acid groups (broad SMARTS) is 1. The van der Waals surface area contributed by atoms with Crippen LogP contribution in [0.5, 0.6) is 0 Å².